The molecular formula is C19H18O2. The van der Waals surface area contributed by atoms with Gasteiger partial charge in [0.2, 0.25) is 0 Å². The first kappa shape index (κ1) is 12.6. The molecule has 0 heterocycles. The Kier molecular flexibility index (Phi) is 2.68. The molecule has 0 saturated heterocycles. The van der Waals surface area contributed by atoms with Crippen LogP contribution in [-0.4, -0.2) is 12.9 Å². The average Bonchev–Trinajstić information content (AvgIpc) is 2.80. The van der Waals surface area contributed by atoms with Crippen LogP contribution in [-0.2, 0) is 12.8 Å². The summed E-state index contributed by atoms with van der Waals surface area (Å²) in [5.41, 5.74) is 7.98. The van der Waals surface area contributed by atoms with Gasteiger partial charge in [0.15, 0.2) is 5.78 Å². The van der Waals surface area contributed by atoms with Crippen LogP contribution in [0, 0.1) is 6.92 Å². The number of rotatable bonds is 1. The van der Waals surface area contributed by atoms with Gasteiger partial charge < -0.3 is 4.74 Å². The molecule has 4 rings (SSSR count). The molecule has 106 valence electrons. The van der Waals surface area contributed by atoms with Gasteiger partial charge in [-0.2, -0.15) is 0 Å². The van der Waals surface area contributed by atoms with E-state index >= 15 is 0 Å². The molecule has 2 aliphatic rings. The van der Waals surface area contributed by atoms with Crippen LogP contribution in [0.4, 0.5) is 0 Å². The van der Waals surface area contributed by atoms with Crippen molar-refractivity contribution in [3.63, 3.8) is 0 Å². The van der Waals surface area contributed by atoms with Crippen molar-refractivity contribution in [1.82, 2.24) is 0 Å². The van der Waals surface area contributed by atoms with E-state index in [0.717, 1.165) is 40.8 Å². The highest BCUT2D eigenvalue weighted by Gasteiger charge is 2.32. The van der Waals surface area contributed by atoms with Crippen molar-refractivity contribution in [1.29, 1.82) is 0 Å². The first-order chi connectivity index (χ1) is 10.2. The lowest BCUT2D eigenvalue weighted by atomic mass is 9.83. The second-order valence-corrected chi connectivity index (χ2v) is 6.02. The second kappa shape index (κ2) is 4.45. The monoisotopic (exact) mass is 278 g/mol. The molecule has 0 aromatic heterocycles. The van der Waals surface area contributed by atoms with Gasteiger partial charge in [0.05, 0.1) is 7.11 Å². The number of aryl methyl sites for hydroxylation is 1. The lowest BCUT2D eigenvalue weighted by Crippen LogP contribution is -2.11. The second-order valence-electron chi connectivity index (χ2n) is 6.02. The van der Waals surface area contributed by atoms with Gasteiger partial charge in [-0.05, 0) is 78.6 Å². The molecule has 0 aliphatic heterocycles. The summed E-state index contributed by atoms with van der Waals surface area (Å²) in [5.74, 6) is 0.928. The molecule has 2 heteroatoms. The van der Waals surface area contributed by atoms with E-state index in [9.17, 15) is 4.79 Å². The smallest absolute Gasteiger partial charge is 0.194 e. The van der Waals surface area contributed by atoms with Crippen LogP contribution in [0.25, 0.3) is 11.1 Å². The molecule has 0 N–H and O–H groups in total. The van der Waals surface area contributed by atoms with E-state index in [0.29, 0.717) is 0 Å². The zero-order valence-electron chi connectivity index (χ0n) is 12.5. The van der Waals surface area contributed by atoms with Crippen LogP contribution in [0.5, 0.6) is 5.75 Å². The number of fused-ring (bicyclic) bond motifs is 5. The Morgan fingerprint density at radius 2 is 1.71 bits per heavy atom. The normalized spacial score (nSPS) is 15.4. The SMILES string of the molecule is COc1ccc2c(c1)C(=O)c1c-2cc(C)c2c1CCCC2. The van der Waals surface area contributed by atoms with Gasteiger partial charge >= 0.3 is 0 Å². The lowest BCUT2D eigenvalue weighted by Gasteiger charge is -2.21. The van der Waals surface area contributed by atoms with Crippen LogP contribution in [0.2, 0.25) is 0 Å². The summed E-state index contributed by atoms with van der Waals surface area (Å²) in [4.78, 5) is 12.9. The molecular weight excluding hydrogens is 260 g/mol. The van der Waals surface area contributed by atoms with E-state index < -0.39 is 0 Å². The van der Waals surface area contributed by atoms with Crippen LogP contribution in [0.1, 0.15) is 45.5 Å². The van der Waals surface area contributed by atoms with Crippen molar-refractivity contribution in [2.75, 3.05) is 7.11 Å². The number of carbonyl (C=O) groups excluding carboxylic acids is 1. The topological polar surface area (TPSA) is 26.3 Å². The number of hydrogen-bond donors (Lipinski definition) is 0. The molecule has 2 nitrogen and oxygen atoms in total. The minimum atomic E-state index is 0.178. The number of ketones is 1. The van der Waals surface area contributed by atoms with Crippen molar-refractivity contribution < 1.29 is 9.53 Å². The van der Waals surface area contributed by atoms with Crippen LogP contribution in [0.3, 0.4) is 0 Å². The van der Waals surface area contributed by atoms with Crippen molar-refractivity contribution in [3.8, 4) is 16.9 Å². The number of ether oxygens (including phenoxy) is 1. The minimum absolute atomic E-state index is 0.178. The van der Waals surface area contributed by atoms with Gasteiger partial charge in [-0.15, -0.1) is 0 Å². The summed E-state index contributed by atoms with van der Waals surface area (Å²) < 4.78 is 5.27. The molecule has 2 aromatic rings. The van der Waals surface area contributed by atoms with Crippen molar-refractivity contribution in [2.24, 2.45) is 0 Å². The summed E-state index contributed by atoms with van der Waals surface area (Å²) in [7, 11) is 1.64. The summed E-state index contributed by atoms with van der Waals surface area (Å²) in [6.07, 6.45) is 4.58. The first-order valence-corrected chi connectivity index (χ1v) is 7.59. The summed E-state index contributed by atoms with van der Waals surface area (Å²) in [6.45, 7) is 2.18. The molecule has 0 unspecified atom stereocenters. The Morgan fingerprint density at radius 1 is 0.952 bits per heavy atom. The highest BCUT2D eigenvalue weighted by Crippen LogP contribution is 2.43. The van der Waals surface area contributed by atoms with Gasteiger partial charge in [-0.3, -0.25) is 4.79 Å². The highest BCUT2D eigenvalue weighted by atomic mass is 16.5. The standard InChI is InChI=1S/C19H18O2/c1-11-9-16-14-8-7-12(21-2)10-17(14)19(20)18(16)15-6-4-3-5-13(11)15/h7-10H,3-6H2,1-2H3. The zero-order valence-corrected chi connectivity index (χ0v) is 12.5. The van der Waals surface area contributed by atoms with Gasteiger partial charge in [0.1, 0.15) is 5.75 Å². The molecule has 0 bridgehead atoms. The van der Waals surface area contributed by atoms with E-state index in [1.165, 1.54) is 29.5 Å². The van der Waals surface area contributed by atoms with Crippen molar-refractivity contribution in [2.45, 2.75) is 32.6 Å². The van der Waals surface area contributed by atoms with Gasteiger partial charge in [0, 0.05) is 11.1 Å². The maximum atomic E-state index is 12.9. The Balaban J connectivity index is 2.00. The quantitative estimate of drug-likeness (QED) is 0.670. The molecule has 0 amide bonds. The maximum absolute atomic E-state index is 12.9. The van der Waals surface area contributed by atoms with Crippen LogP contribution in [0.15, 0.2) is 24.3 Å². The molecule has 0 fully saturated rings. The number of benzene rings is 2. The van der Waals surface area contributed by atoms with E-state index in [2.05, 4.69) is 13.0 Å². The minimum Gasteiger partial charge on any atom is -0.497 e. The van der Waals surface area contributed by atoms with E-state index in [1.807, 2.05) is 18.2 Å². The van der Waals surface area contributed by atoms with Crippen LogP contribution < -0.4 is 4.74 Å². The molecule has 0 radical (unpaired) electrons. The fraction of sp³-hybridized carbons (Fsp3) is 0.316. The third kappa shape index (κ3) is 1.68. The number of hydrogen-bond acceptors (Lipinski definition) is 2. The van der Waals surface area contributed by atoms with E-state index in [-0.39, 0.29) is 5.78 Å². The summed E-state index contributed by atoms with van der Waals surface area (Å²) in [5, 5.41) is 0. The predicted molar refractivity (Wildman–Crippen MR) is 83.2 cm³/mol. The lowest BCUT2D eigenvalue weighted by molar-refractivity contribution is 0.104. The van der Waals surface area contributed by atoms with Gasteiger partial charge in [-0.25, -0.2) is 0 Å². The molecule has 0 saturated carbocycles. The number of carbonyl (C=O) groups is 1. The molecule has 0 atom stereocenters. The van der Waals surface area contributed by atoms with Gasteiger partial charge in [-0.1, -0.05) is 6.07 Å². The Morgan fingerprint density at radius 3 is 2.48 bits per heavy atom. The maximum Gasteiger partial charge on any atom is 0.194 e. The third-order valence-corrected chi connectivity index (χ3v) is 4.86. The zero-order chi connectivity index (χ0) is 14.6. The third-order valence-electron chi connectivity index (χ3n) is 4.86. The Labute approximate surface area is 124 Å². The summed E-state index contributed by atoms with van der Waals surface area (Å²) >= 11 is 0. The fourth-order valence-corrected chi connectivity index (χ4v) is 3.83. The Bertz CT molecular complexity index is 772. The fourth-order valence-electron chi connectivity index (χ4n) is 3.83. The molecule has 2 aromatic carbocycles. The highest BCUT2D eigenvalue weighted by molar-refractivity contribution is 6.23. The predicted octanol–water partition coefficient (Wildman–Crippen LogP) is 4.09. The number of methoxy groups -OCH3 is 1. The molecule has 21 heavy (non-hydrogen) atoms. The largest absolute Gasteiger partial charge is 0.497 e. The molecule has 0 spiro atoms. The first-order valence-electron chi connectivity index (χ1n) is 7.59. The van der Waals surface area contributed by atoms with Crippen molar-refractivity contribution >= 4 is 5.78 Å². The van der Waals surface area contributed by atoms with Gasteiger partial charge in [0.25, 0.3) is 0 Å². The summed E-state index contributed by atoms with van der Waals surface area (Å²) in [6, 6.07) is 8.04. The van der Waals surface area contributed by atoms with Crippen LogP contribution >= 0.6 is 0 Å². The average molecular weight is 278 g/mol. The Hall–Kier alpha value is -2.09. The van der Waals surface area contributed by atoms with E-state index in [4.69, 9.17) is 4.74 Å². The van der Waals surface area contributed by atoms with E-state index in [1.54, 1.807) is 7.11 Å². The van der Waals surface area contributed by atoms with Crippen molar-refractivity contribution in [3.05, 3.63) is 52.1 Å². The molecule has 2 aliphatic carbocycles.